The summed E-state index contributed by atoms with van der Waals surface area (Å²) in [6.07, 6.45) is 1.93. The summed E-state index contributed by atoms with van der Waals surface area (Å²) in [4.78, 5) is 0. The lowest BCUT2D eigenvalue weighted by Crippen LogP contribution is -2.02. The van der Waals surface area contributed by atoms with Crippen LogP contribution in [-0.4, -0.2) is 47.7 Å². The van der Waals surface area contributed by atoms with Gasteiger partial charge >= 0.3 is 0 Å². The van der Waals surface area contributed by atoms with Gasteiger partial charge in [-0.3, -0.25) is 4.18 Å². The van der Waals surface area contributed by atoms with Crippen LogP contribution in [0.4, 0.5) is 0 Å². The number of aliphatic hydroxyl groups is 1. The lowest BCUT2D eigenvalue weighted by Gasteiger charge is -1.92. The van der Waals surface area contributed by atoms with Gasteiger partial charge in [0.2, 0.25) is 9.05 Å². The van der Waals surface area contributed by atoms with Crippen molar-refractivity contribution in [1.29, 1.82) is 0 Å². The first-order valence-corrected chi connectivity index (χ1v) is 11.7. The van der Waals surface area contributed by atoms with Crippen LogP contribution in [0.3, 0.4) is 0 Å². The van der Waals surface area contributed by atoms with Crippen LogP contribution >= 0.6 is 10.7 Å². The topological polar surface area (TPSA) is 97.7 Å². The zero-order valence-electron chi connectivity index (χ0n) is 17.0. The van der Waals surface area contributed by atoms with Gasteiger partial charge in [0.25, 0.3) is 10.1 Å². The van der Waals surface area contributed by atoms with Crippen molar-refractivity contribution in [1.82, 2.24) is 0 Å². The number of halogens is 1. The zero-order valence-corrected chi connectivity index (χ0v) is 18.3. The molecular formula is C16H31ClO6S2. The first kappa shape index (κ1) is 29.0. The van der Waals surface area contributed by atoms with Gasteiger partial charge < -0.3 is 5.11 Å². The van der Waals surface area contributed by atoms with Crippen molar-refractivity contribution in [2.45, 2.75) is 41.5 Å². The Hall–Kier alpha value is -0.770. The predicted octanol–water partition coefficient (Wildman–Crippen LogP) is 2.47. The van der Waals surface area contributed by atoms with Crippen molar-refractivity contribution < 1.29 is 27.5 Å². The SMILES string of the molecule is CC(C)C#CCO.CC(C)C#CCOS(C)(=O)=O.CS(=O)(=O)Cl.[2H]CC. The maximum absolute atomic E-state index is 10.4. The van der Waals surface area contributed by atoms with Crippen molar-refractivity contribution in [2.75, 3.05) is 25.7 Å². The summed E-state index contributed by atoms with van der Waals surface area (Å²) in [6.45, 7) is 10.1. The highest BCUT2D eigenvalue weighted by atomic mass is 35.7. The van der Waals surface area contributed by atoms with Crippen LogP contribution < -0.4 is 0 Å². The molecule has 0 aromatic heterocycles. The third-order valence-corrected chi connectivity index (χ3v) is 1.75. The third kappa shape index (κ3) is 83.0. The van der Waals surface area contributed by atoms with Crippen molar-refractivity contribution in [3.63, 3.8) is 0 Å². The maximum atomic E-state index is 10.4. The Bertz CT molecular complexity index is 628. The highest BCUT2D eigenvalue weighted by Gasteiger charge is 1.97. The molecule has 150 valence electrons. The first-order valence-electron chi connectivity index (χ1n) is 7.92. The average molecular weight is 420 g/mol. The monoisotopic (exact) mass is 419 g/mol. The Labute approximate surface area is 160 Å². The summed E-state index contributed by atoms with van der Waals surface area (Å²) in [5.74, 6) is 11.3. The van der Waals surface area contributed by atoms with Crippen LogP contribution in [0, 0.1) is 35.5 Å². The molecule has 0 aromatic carbocycles. The van der Waals surface area contributed by atoms with Gasteiger partial charge in [-0.2, -0.15) is 8.42 Å². The van der Waals surface area contributed by atoms with Crippen molar-refractivity contribution in [2.24, 2.45) is 11.8 Å². The quantitative estimate of drug-likeness (QED) is 0.419. The van der Waals surface area contributed by atoms with E-state index in [1.54, 1.807) is 6.92 Å². The number of aliphatic hydroxyl groups excluding tert-OH is 1. The van der Waals surface area contributed by atoms with Gasteiger partial charge in [0.15, 0.2) is 0 Å². The van der Waals surface area contributed by atoms with E-state index < -0.39 is 19.2 Å². The molecular weight excluding hydrogens is 388 g/mol. The summed E-state index contributed by atoms with van der Waals surface area (Å²) < 4.78 is 50.2. The van der Waals surface area contributed by atoms with E-state index in [0.717, 1.165) is 12.5 Å². The standard InChI is InChI=1S/C7H12O3S.C6H10O.C2H6.CH3ClO2S/c1-7(2)5-4-6-10-11(3,8)9;1-6(2)4-3-5-7;1-2;1-5(2,3)4/h7H,6H2,1-3H3;6-7H,5H2,1-2H3;1-2H3;1H3/i;;1D;. The molecule has 0 saturated heterocycles. The Balaban J connectivity index is -0.000000139. The molecule has 0 heterocycles. The van der Waals surface area contributed by atoms with Gasteiger partial charge in [-0.05, 0) is 0 Å². The number of hydrogen-bond donors (Lipinski definition) is 1. The molecule has 0 saturated carbocycles. The normalized spacial score (nSPS) is 10.1. The molecule has 0 aliphatic carbocycles. The predicted molar refractivity (Wildman–Crippen MR) is 105 cm³/mol. The van der Waals surface area contributed by atoms with E-state index in [1.807, 2.05) is 27.7 Å². The van der Waals surface area contributed by atoms with Gasteiger partial charge in [-0.1, -0.05) is 65.2 Å². The van der Waals surface area contributed by atoms with E-state index in [1.165, 1.54) is 0 Å². The molecule has 0 unspecified atom stereocenters. The fourth-order valence-corrected chi connectivity index (χ4v) is 0.905. The second-order valence-electron chi connectivity index (χ2n) is 4.76. The highest BCUT2D eigenvalue weighted by molar-refractivity contribution is 8.13. The van der Waals surface area contributed by atoms with E-state index in [2.05, 4.69) is 38.5 Å². The van der Waals surface area contributed by atoms with Crippen LogP contribution in [-0.2, 0) is 23.4 Å². The summed E-state index contributed by atoms with van der Waals surface area (Å²) in [5, 5.41) is 8.14. The summed E-state index contributed by atoms with van der Waals surface area (Å²) >= 11 is 0. The molecule has 1 N–H and O–H groups in total. The third-order valence-electron chi connectivity index (χ3n) is 1.21. The smallest absolute Gasteiger partial charge is 0.265 e. The summed E-state index contributed by atoms with van der Waals surface area (Å²) in [5.41, 5.74) is 0. The van der Waals surface area contributed by atoms with Crippen LogP contribution in [0.2, 0.25) is 0 Å². The van der Waals surface area contributed by atoms with Crippen molar-refractivity contribution >= 4 is 29.9 Å². The minimum Gasteiger partial charge on any atom is -0.384 e. The fraction of sp³-hybridized carbons (Fsp3) is 0.750. The molecule has 0 amide bonds. The summed E-state index contributed by atoms with van der Waals surface area (Å²) in [7, 11) is -2.02. The number of rotatable bonds is 2. The fourth-order valence-electron chi connectivity index (χ4n) is 0.632. The second kappa shape index (κ2) is 19.6. The van der Waals surface area contributed by atoms with Gasteiger partial charge in [-0.15, -0.1) is 0 Å². The lowest BCUT2D eigenvalue weighted by atomic mass is 10.2. The van der Waals surface area contributed by atoms with E-state index in [-0.39, 0.29) is 19.1 Å². The molecule has 0 fully saturated rings. The zero-order chi connectivity index (χ0) is 21.8. The average Bonchev–Trinajstić information content (AvgIpc) is 2.40. The molecule has 0 aliphatic heterocycles. The summed E-state index contributed by atoms with van der Waals surface area (Å²) in [6, 6.07) is 0. The first-order chi connectivity index (χ1) is 11.6. The molecule has 0 rings (SSSR count). The molecule has 0 radical (unpaired) electrons. The van der Waals surface area contributed by atoms with Crippen molar-refractivity contribution in [3.05, 3.63) is 0 Å². The van der Waals surface area contributed by atoms with Crippen LogP contribution in [0.25, 0.3) is 0 Å². The van der Waals surface area contributed by atoms with E-state index in [9.17, 15) is 16.8 Å². The van der Waals surface area contributed by atoms with Gasteiger partial charge in [0.05, 0.1) is 12.5 Å². The molecule has 0 spiro atoms. The molecule has 9 heteroatoms. The molecule has 0 aliphatic rings. The van der Waals surface area contributed by atoms with Gasteiger partial charge in [0, 0.05) is 23.9 Å². The van der Waals surface area contributed by atoms with Gasteiger partial charge in [-0.25, -0.2) is 8.42 Å². The van der Waals surface area contributed by atoms with E-state index in [0.29, 0.717) is 12.8 Å². The minimum absolute atomic E-state index is 0.0157. The van der Waals surface area contributed by atoms with Crippen LogP contribution in [0.15, 0.2) is 0 Å². The Morgan fingerprint density at radius 1 is 1.04 bits per heavy atom. The van der Waals surface area contributed by atoms with E-state index >= 15 is 0 Å². The molecule has 6 nitrogen and oxygen atoms in total. The van der Waals surface area contributed by atoms with Crippen LogP contribution in [0.5, 0.6) is 0 Å². The maximum Gasteiger partial charge on any atom is 0.265 e. The van der Waals surface area contributed by atoms with E-state index in [4.69, 9.17) is 6.48 Å². The highest BCUT2D eigenvalue weighted by Crippen LogP contribution is 1.87. The lowest BCUT2D eigenvalue weighted by molar-refractivity contribution is 0.350. The molecule has 25 heavy (non-hydrogen) atoms. The minimum atomic E-state index is -3.32. The Morgan fingerprint density at radius 2 is 1.36 bits per heavy atom. The molecule has 0 bridgehead atoms. The Morgan fingerprint density at radius 3 is 1.56 bits per heavy atom. The van der Waals surface area contributed by atoms with Crippen molar-refractivity contribution in [3.8, 4) is 23.7 Å². The van der Waals surface area contributed by atoms with Crippen LogP contribution in [0.1, 0.15) is 42.9 Å². The van der Waals surface area contributed by atoms with Gasteiger partial charge in [0.1, 0.15) is 13.2 Å². The second-order valence-corrected chi connectivity index (χ2v) is 9.45. The molecule has 0 aromatic rings. The largest absolute Gasteiger partial charge is 0.384 e. The molecule has 0 atom stereocenters. The number of hydrogen-bond acceptors (Lipinski definition) is 6. The Kier molecular flexibility index (Phi) is 22.7.